The molecule has 144 valence electrons. The molecule has 0 aliphatic carbocycles. The van der Waals surface area contributed by atoms with Crippen molar-refractivity contribution in [2.24, 2.45) is 0 Å². The van der Waals surface area contributed by atoms with E-state index >= 15 is 0 Å². The lowest BCUT2D eigenvalue weighted by atomic mass is 10.1. The molecule has 27 heavy (non-hydrogen) atoms. The highest BCUT2D eigenvalue weighted by atomic mass is 19.4. The molecule has 0 fully saturated rings. The molecule has 0 saturated heterocycles. The summed E-state index contributed by atoms with van der Waals surface area (Å²) in [6, 6.07) is 6.95. The maximum Gasteiger partial charge on any atom is 0.417 e. The minimum absolute atomic E-state index is 0.181. The summed E-state index contributed by atoms with van der Waals surface area (Å²) in [4.78, 5) is 10.9. The second kappa shape index (κ2) is 8.71. The quantitative estimate of drug-likeness (QED) is 0.743. The van der Waals surface area contributed by atoms with Crippen LogP contribution in [0.5, 0.6) is 0 Å². The maximum absolute atomic E-state index is 13.2. The second-order valence-electron chi connectivity index (χ2n) is 5.96. The number of halogens is 3. The van der Waals surface area contributed by atoms with Crippen LogP contribution in [0.15, 0.2) is 24.3 Å². The number of hydrogen-bond acceptors (Lipinski definition) is 5. The fourth-order valence-corrected chi connectivity index (χ4v) is 2.72. The summed E-state index contributed by atoms with van der Waals surface area (Å²) in [5.41, 5.74) is -0.400. The van der Waals surface area contributed by atoms with Gasteiger partial charge in [0.05, 0.1) is 17.2 Å². The Labute approximate surface area is 156 Å². The van der Waals surface area contributed by atoms with E-state index in [0.717, 1.165) is 49.6 Å². The summed E-state index contributed by atoms with van der Waals surface area (Å²) in [5.74, 6) is 0.964. The number of nitrogens with zero attached hydrogens (tertiary/aromatic N) is 4. The fraction of sp³-hybridized carbons (Fsp3) is 0.421. The molecule has 0 amide bonds. The van der Waals surface area contributed by atoms with Gasteiger partial charge in [0.15, 0.2) is 0 Å². The average Bonchev–Trinajstić information content (AvgIpc) is 2.62. The summed E-state index contributed by atoms with van der Waals surface area (Å²) < 4.78 is 39.5. The maximum atomic E-state index is 13.2. The minimum atomic E-state index is -4.61. The van der Waals surface area contributed by atoms with E-state index in [1.807, 2.05) is 31.7 Å². The summed E-state index contributed by atoms with van der Waals surface area (Å²) in [7, 11) is 0. The Hall–Kier alpha value is -2.82. The van der Waals surface area contributed by atoms with Crippen LogP contribution in [0.25, 0.3) is 0 Å². The van der Waals surface area contributed by atoms with E-state index in [4.69, 9.17) is 5.26 Å². The summed E-state index contributed by atoms with van der Waals surface area (Å²) in [5, 5.41) is 11.8. The molecule has 0 radical (unpaired) electrons. The molecular formula is C19H22F3N5. The van der Waals surface area contributed by atoms with Crippen molar-refractivity contribution in [1.29, 1.82) is 5.26 Å². The number of aromatic nitrogens is 2. The Morgan fingerprint density at radius 2 is 1.81 bits per heavy atom. The van der Waals surface area contributed by atoms with Gasteiger partial charge < -0.3 is 10.2 Å². The third-order valence-electron chi connectivity index (χ3n) is 4.06. The number of aryl methyl sites for hydroxylation is 1. The van der Waals surface area contributed by atoms with Crippen LogP contribution in [-0.4, -0.2) is 23.1 Å². The highest BCUT2D eigenvalue weighted by Crippen LogP contribution is 2.34. The Kier molecular flexibility index (Phi) is 6.61. The molecule has 2 aromatic rings. The predicted octanol–water partition coefficient (Wildman–Crippen LogP) is 4.91. The molecule has 0 atom stereocenters. The Balaban J connectivity index is 2.43. The zero-order valence-electron chi connectivity index (χ0n) is 15.6. The van der Waals surface area contributed by atoms with Crippen molar-refractivity contribution >= 4 is 17.5 Å². The number of nitriles is 1. The van der Waals surface area contributed by atoms with Crippen LogP contribution in [0.4, 0.5) is 30.6 Å². The van der Waals surface area contributed by atoms with Gasteiger partial charge in [-0.25, -0.2) is 4.98 Å². The predicted molar refractivity (Wildman–Crippen MR) is 99.0 cm³/mol. The van der Waals surface area contributed by atoms with Gasteiger partial charge in [0.1, 0.15) is 5.82 Å². The lowest BCUT2D eigenvalue weighted by Crippen LogP contribution is -2.23. The normalized spacial score (nSPS) is 11.1. The molecule has 1 N–H and O–H groups in total. The highest BCUT2D eigenvalue weighted by molar-refractivity contribution is 5.59. The number of benzene rings is 1. The molecule has 0 aliphatic rings. The molecule has 2 rings (SSSR count). The SMILES string of the molecule is CCCc1cc(N(CC)CC)nc(Nc2ccc(C#N)c(C(F)(F)F)c2)n1. The molecular weight excluding hydrogens is 355 g/mol. The number of hydrogen-bond donors (Lipinski definition) is 1. The minimum Gasteiger partial charge on any atom is -0.357 e. The Morgan fingerprint density at radius 3 is 2.37 bits per heavy atom. The van der Waals surface area contributed by atoms with Crippen LogP contribution >= 0.6 is 0 Å². The van der Waals surface area contributed by atoms with E-state index in [1.54, 1.807) is 6.07 Å². The summed E-state index contributed by atoms with van der Waals surface area (Å²) >= 11 is 0. The van der Waals surface area contributed by atoms with E-state index in [1.165, 1.54) is 6.07 Å². The van der Waals surface area contributed by atoms with Gasteiger partial charge >= 0.3 is 6.18 Å². The van der Waals surface area contributed by atoms with Crippen LogP contribution in [0, 0.1) is 11.3 Å². The number of anilines is 3. The van der Waals surface area contributed by atoms with Crippen molar-refractivity contribution in [2.75, 3.05) is 23.3 Å². The van der Waals surface area contributed by atoms with Crippen molar-refractivity contribution in [3.8, 4) is 6.07 Å². The first-order chi connectivity index (χ1) is 12.8. The van der Waals surface area contributed by atoms with Gasteiger partial charge in [0, 0.05) is 30.5 Å². The lowest BCUT2D eigenvalue weighted by molar-refractivity contribution is -0.137. The van der Waals surface area contributed by atoms with E-state index in [-0.39, 0.29) is 11.6 Å². The third-order valence-corrected chi connectivity index (χ3v) is 4.06. The van der Waals surface area contributed by atoms with Gasteiger partial charge in [-0.1, -0.05) is 13.3 Å². The van der Waals surface area contributed by atoms with Gasteiger partial charge in [0.25, 0.3) is 0 Å². The molecule has 1 heterocycles. The first-order valence-corrected chi connectivity index (χ1v) is 8.83. The van der Waals surface area contributed by atoms with E-state index in [9.17, 15) is 13.2 Å². The first kappa shape index (κ1) is 20.5. The molecule has 8 heteroatoms. The molecule has 0 aliphatic heterocycles. The van der Waals surface area contributed by atoms with Gasteiger partial charge in [-0.15, -0.1) is 0 Å². The van der Waals surface area contributed by atoms with Gasteiger partial charge in [0.2, 0.25) is 5.95 Å². The lowest BCUT2D eigenvalue weighted by Gasteiger charge is -2.21. The average molecular weight is 377 g/mol. The second-order valence-corrected chi connectivity index (χ2v) is 5.96. The fourth-order valence-electron chi connectivity index (χ4n) is 2.72. The Morgan fingerprint density at radius 1 is 1.11 bits per heavy atom. The number of alkyl halides is 3. The van der Waals surface area contributed by atoms with Crippen LogP contribution in [0.1, 0.15) is 44.0 Å². The van der Waals surface area contributed by atoms with Crippen LogP contribution in [0.3, 0.4) is 0 Å². The van der Waals surface area contributed by atoms with Gasteiger partial charge in [-0.3, -0.25) is 0 Å². The standard InChI is InChI=1S/C19H22F3N5/c1-4-7-14-11-17(27(5-2)6-3)26-18(24-14)25-15-9-8-13(12-23)16(10-15)19(20,21)22/h8-11H,4-7H2,1-3H3,(H,24,25,26). The molecule has 0 spiro atoms. The molecule has 5 nitrogen and oxygen atoms in total. The molecule has 1 aromatic carbocycles. The monoisotopic (exact) mass is 377 g/mol. The van der Waals surface area contributed by atoms with Crippen molar-refractivity contribution in [2.45, 2.75) is 39.8 Å². The van der Waals surface area contributed by atoms with Crippen LogP contribution in [-0.2, 0) is 12.6 Å². The van der Waals surface area contributed by atoms with Crippen LogP contribution < -0.4 is 10.2 Å². The molecule has 0 unspecified atom stereocenters. The summed E-state index contributed by atoms with van der Waals surface area (Å²) in [6.07, 6.45) is -2.98. The number of nitrogens with one attached hydrogen (secondary N) is 1. The van der Waals surface area contributed by atoms with E-state index < -0.39 is 17.3 Å². The smallest absolute Gasteiger partial charge is 0.357 e. The van der Waals surface area contributed by atoms with Crippen molar-refractivity contribution in [3.63, 3.8) is 0 Å². The van der Waals surface area contributed by atoms with Crippen molar-refractivity contribution < 1.29 is 13.2 Å². The molecule has 1 aromatic heterocycles. The van der Waals surface area contributed by atoms with Crippen LogP contribution in [0.2, 0.25) is 0 Å². The van der Waals surface area contributed by atoms with Crippen molar-refractivity contribution in [1.82, 2.24) is 9.97 Å². The van der Waals surface area contributed by atoms with Gasteiger partial charge in [-0.05, 0) is 38.5 Å². The topological polar surface area (TPSA) is 64.8 Å². The summed E-state index contributed by atoms with van der Waals surface area (Å²) in [6.45, 7) is 7.56. The van der Waals surface area contributed by atoms with E-state index in [2.05, 4.69) is 15.3 Å². The van der Waals surface area contributed by atoms with E-state index in [0.29, 0.717) is 0 Å². The first-order valence-electron chi connectivity index (χ1n) is 8.83. The zero-order chi connectivity index (χ0) is 20.0. The largest absolute Gasteiger partial charge is 0.417 e. The highest BCUT2D eigenvalue weighted by Gasteiger charge is 2.33. The van der Waals surface area contributed by atoms with Gasteiger partial charge in [-0.2, -0.15) is 23.4 Å². The van der Waals surface area contributed by atoms with Crippen molar-refractivity contribution in [3.05, 3.63) is 41.1 Å². The third kappa shape index (κ3) is 5.09. The zero-order valence-corrected chi connectivity index (χ0v) is 15.6. The Bertz CT molecular complexity index is 823. The molecule has 0 bridgehead atoms. The number of rotatable bonds is 7. The molecule has 0 saturated carbocycles.